The van der Waals surface area contributed by atoms with Crippen molar-refractivity contribution < 1.29 is 26.4 Å². The quantitative estimate of drug-likeness (QED) is 0.775. The summed E-state index contributed by atoms with van der Waals surface area (Å²) in [5.41, 5.74) is 0. The Morgan fingerprint density at radius 2 is 2.05 bits per heavy atom. The molecule has 0 aliphatic carbocycles. The van der Waals surface area contributed by atoms with Crippen molar-refractivity contribution in [2.75, 3.05) is 25.4 Å². The fourth-order valence-corrected chi connectivity index (χ4v) is 4.38. The molecule has 1 amide bonds. The number of piperazine rings is 1. The summed E-state index contributed by atoms with van der Waals surface area (Å²) in [4.78, 5) is 12.1. The van der Waals surface area contributed by atoms with Crippen LogP contribution in [0.15, 0.2) is 0 Å². The minimum atomic E-state index is -4.48. The molecule has 110 valence electrons. The molecule has 0 radical (unpaired) electrons. The molecule has 0 aromatic carbocycles. The summed E-state index contributed by atoms with van der Waals surface area (Å²) in [6.07, 6.45) is -3.63. The highest BCUT2D eigenvalue weighted by Crippen LogP contribution is 2.28. The minimum Gasteiger partial charge on any atom is -0.353 e. The first-order valence-corrected chi connectivity index (χ1v) is 7.71. The van der Waals surface area contributed by atoms with Crippen molar-refractivity contribution in [3.63, 3.8) is 0 Å². The first-order chi connectivity index (χ1) is 8.70. The van der Waals surface area contributed by atoms with Gasteiger partial charge in [-0.2, -0.15) is 13.2 Å². The number of amides is 1. The second kappa shape index (κ2) is 4.93. The van der Waals surface area contributed by atoms with Crippen LogP contribution in [0.25, 0.3) is 0 Å². The van der Waals surface area contributed by atoms with E-state index in [1.807, 2.05) is 0 Å². The van der Waals surface area contributed by atoms with Crippen LogP contribution < -0.4 is 5.32 Å². The molecule has 1 N–H and O–H groups in total. The molecule has 19 heavy (non-hydrogen) atoms. The van der Waals surface area contributed by atoms with Gasteiger partial charge in [-0.1, -0.05) is 0 Å². The lowest BCUT2D eigenvalue weighted by Crippen LogP contribution is -2.61. The Bertz CT molecular complexity index is 463. The maximum atomic E-state index is 12.8. The van der Waals surface area contributed by atoms with Gasteiger partial charge in [-0.05, 0) is 12.8 Å². The summed E-state index contributed by atoms with van der Waals surface area (Å²) in [5, 5.41) is 1.38. The average Bonchev–Trinajstić information content (AvgIpc) is 2.56. The van der Waals surface area contributed by atoms with Gasteiger partial charge in [-0.15, -0.1) is 0 Å². The van der Waals surface area contributed by atoms with Crippen molar-refractivity contribution >= 4 is 15.7 Å². The second-order valence-electron chi connectivity index (χ2n) is 4.92. The number of hydrogen-bond donors (Lipinski definition) is 1. The van der Waals surface area contributed by atoms with Crippen molar-refractivity contribution in [2.24, 2.45) is 0 Å². The number of halogens is 3. The Kier molecular flexibility index (Phi) is 3.78. The summed E-state index contributed by atoms with van der Waals surface area (Å²) in [6, 6.07) is -1.80. The third-order valence-corrected chi connectivity index (χ3v) is 5.82. The van der Waals surface area contributed by atoms with E-state index in [2.05, 4.69) is 5.32 Å². The largest absolute Gasteiger partial charge is 0.405 e. The van der Waals surface area contributed by atoms with Gasteiger partial charge in [0, 0.05) is 13.1 Å². The Labute approximate surface area is 109 Å². The predicted molar refractivity (Wildman–Crippen MR) is 61.2 cm³/mol. The average molecular weight is 300 g/mol. The summed E-state index contributed by atoms with van der Waals surface area (Å²) in [5.74, 6) is -0.482. The number of carbonyl (C=O) groups excluding carboxylic acids is 1. The highest BCUT2D eigenvalue weighted by molar-refractivity contribution is 7.92. The summed E-state index contributed by atoms with van der Waals surface area (Å²) < 4.78 is 61.9. The lowest BCUT2D eigenvalue weighted by molar-refractivity contribution is -0.188. The van der Waals surface area contributed by atoms with Crippen molar-refractivity contribution in [3.8, 4) is 0 Å². The van der Waals surface area contributed by atoms with Crippen LogP contribution in [0, 0.1) is 0 Å². The van der Waals surface area contributed by atoms with Crippen LogP contribution in [0.1, 0.15) is 12.8 Å². The number of carbonyl (C=O) groups is 1. The van der Waals surface area contributed by atoms with Crippen molar-refractivity contribution in [1.29, 1.82) is 0 Å². The molecular weight excluding hydrogens is 285 g/mol. The van der Waals surface area contributed by atoms with Crippen LogP contribution in [0.4, 0.5) is 13.2 Å². The number of sulfone groups is 1. The SMILES string of the molecule is O=C1CN(CC2CCCS2(=O)=O)C(C(F)(F)F)CN1. The van der Waals surface area contributed by atoms with E-state index in [0.717, 1.165) is 4.90 Å². The fourth-order valence-electron chi connectivity index (χ4n) is 2.53. The van der Waals surface area contributed by atoms with Crippen LogP contribution in [0.3, 0.4) is 0 Å². The number of nitrogens with zero attached hydrogens (tertiary/aromatic N) is 1. The van der Waals surface area contributed by atoms with Crippen molar-refractivity contribution in [1.82, 2.24) is 10.2 Å². The van der Waals surface area contributed by atoms with Crippen LogP contribution >= 0.6 is 0 Å². The fraction of sp³-hybridized carbons (Fsp3) is 0.900. The van der Waals surface area contributed by atoms with Crippen LogP contribution in [0.5, 0.6) is 0 Å². The molecule has 9 heteroatoms. The Hall–Kier alpha value is -0.830. The van der Waals surface area contributed by atoms with Crippen molar-refractivity contribution in [3.05, 3.63) is 0 Å². The zero-order valence-electron chi connectivity index (χ0n) is 10.1. The number of alkyl halides is 3. The summed E-state index contributed by atoms with van der Waals surface area (Å²) >= 11 is 0. The van der Waals surface area contributed by atoms with E-state index in [1.54, 1.807) is 0 Å². The van der Waals surface area contributed by atoms with E-state index in [0.29, 0.717) is 12.8 Å². The minimum absolute atomic E-state index is 0.0222. The normalized spacial score (nSPS) is 32.3. The molecule has 0 saturated carbocycles. The zero-order valence-corrected chi connectivity index (χ0v) is 10.9. The second-order valence-corrected chi connectivity index (χ2v) is 7.32. The smallest absolute Gasteiger partial charge is 0.353 e. The first kappa shape index (κ1) is 14.6. The molecule has 2 fully saturated rings. The number of hydrogen-bond acceptors (Lipinski definition) is 4. The molecular formula is C10H15F3N2O3S. The van der Waals surface area contributed by atoms with E-state index in [-0.39, 0.29) is 12.3 Å². The molecule has 5 nitrogen and oxygen atoms in total. The summed E-state index contributed by atoms with van der Waals surface area (Å²) in [6.45, 7) is -1.15. The van der Waals surface area contributed by atoms with Gasteiger partial charge in [-0.3, -0.25) is 9.69 Å². The van der Waals surface area contributed by atoms with Gasteiger partial charge in [0.1, 0.15) is 6.04 Å². The molecule has 2 saturated heterocycles. The monoisotopic (exact) mass is 300 g/mol. The number of nitrogens with one attached hydrogen (secondary N) is 1. The topological polar surface area (TPSA) is 66.5 Å². The molecule has 2 heterocycles. The van der Waals surface area contributed by atoms with Gasteiger partial charge in [0.2, 0.25) is 5.91 Å². The Morgan fingerprint density at radius 3 is 2.58 bits per heavy atom. The van der Waals surface area contributed by atoms with Crippen molar-refractivity contribution in [2.45, 2.75) is 30.3 Å². The highest BCUT2D eigenvalue weighted by Gasteiger charge is 2.47. The molecule has 2 aliphatic heterocycles. The molecule has 2 aliphatic rings. The molecule has 0 spiro atoms. The number of rotatable bonds is 2. The third-order valence-electron chi connectivity index (χ3n) is 3.56. The van der Waals surface area contributed by atoms with E-state index in [4.69, 9.17) is 0 Å². The zero-order chi connectivity index (χ0) is 14.3. The lowest BCUT2D eigenvalue weighted by Gasteiger charge is -2.37. The first-order valence-electron chi connectivity index (χ1n) is 5.99. The van der Waals surface area contributed by atoms with Crippen LogP contribution in [-0.2, 0) is 14.6 Å². The van der Waals surface area contributed by atoms with Gasteiger partial charge < -0.3 is 5.32 Å². The highest BCUT2D eigenvalue weighted by atomic mass is 32.2. The van der Waals surface area contributed by atoms with Gasteiger partial charge in [0.15, 0.2) is 9.84 Å². The Balaban J connectivity index is 2.12. The van der Waals surface area contributed by atoms with Crippen LogP contribution in [0.2, 0.25) is 0 Å². The molecule has 2 rings (SSSR count). The maximum absolute atomic E-state index is 12.8. The van der Waals surface area contributed by atoms with E-state index in [9.17, 15) is 26.4 Å². The van der Waals surface area contributed by atoms with Crippen LogP contribution in [-0.4, -0.2) is 62.1 Å². The van der Waals surface area contributed by atoms with Gasteiger partial charge >= 0.3 is 6.18 Å². The Morgan fingerprint density at radius 1 is 1.37 bits per heavy atom. The van der Waals surface area contributed by atoms with E-state index in [1.165, 1.54) is 0 Å². The summed E-state index contributed by atoms with van der Waals surface area (Å²) in [7, 11) is -3.31. The molecule has 0 bridgehead atoms. The van der Waals surface area contributed by atoms with E-state index < -0.39 is 46.3 Å². The third kappa shape index (κ3) is 3.19. The lowest BCUT2D eigenvalue weighted by atomic mass is 10.1. The standard InChI is InChI=1S/C10H15F3N2O3S/c11-10(12,13)8-4-14-9(16)6-15(8)5-7-2-1-3-19(7,17)18/h7-8H,1-6H2,(H,14,16). The molecule has 0 aromatic heterocycles. The van der Waals surface area contributed by atoms with E-state index >= 15 is 0 Å². The predicted octanol–water partition coefficient (Wildman–Crippen LogP) is -0.0737. The van der Waals surface area contributed by atoms with Gasteiger partial charge in [-0.25, -0.2) is 8.42 Å². The molecule has 0 aromatic rings. The van der Waals surface area contributed by atoms with Gasteiger partial charge in [0.25, 0.3) is 0 Å². The van der Waals surface area contributed by atoms with Gasteiger partial charge in [0.05, 0.1) is 17.5 Å². The molecule has 2 atom stereocenters. The molecule has 2 unspecified atom stereocenters. The maximum Gasteiger partial charge on any atom is 0.405 e.